The summed E-state index contributed by atoms with van der Waals surface area (Å²) in [5.41, 5.74) is 2.97. The molecular formula is C18H11NO3. The molecule has 3 aromatic rings. The number of nitrogens with one attached hydrogen (secondary N) is 1. The highest BCUT2D eigenvalue weighted by Crippen LogP contribution is 2.35. The van der Waals surface area contributed by atoms with Crippen LogP contribution in [0.4, 0.5) is 0 Å². The van der Waals surface area contributed by atoms with Gasteiger partial charge in [0.05, 0.1) is 16.8 Å². The number of phenolic OH excluding ortho intramolecular Hbond substituents is 1. The van der Waals surface area contributed by atoms with E-state index in [0.29, 0.717) is 16.8 Å². The van der Waals surface area contributed by atoms with Crippen molar-refractivity contribution < 1.29 is 14.7 Å². The molecule has 1 aliphatic rings. The molecule has 0 saturated carbocycles. The van der Waals surface area contributed by atoms with E-state index in [-0.39, 0.29) is 5.75 Å². The van der Waals surface area contributed by atoms with Gasteiger partial charge in [-0.1, -0.05) is 30.3 Å². The number of rotatable bonds is 1. The monoisotopic (exact) mass is 289 g/mol. The number of hydrogen-bond acceptors (Lipinski definition) is 3. The quantitative estimate of drug-likeness (QED) is 0.534. The number of hydrogen-bond donors (Lipinski definition) is 2. The zero-order valence-corrected chi connectivity index (χ0v) is 11.5. The number of aromatic hydroxyl groups is 1. The van der Waals surface area contributed by atoms with Crippen molar-refractivity contribution in [2.45, 2.75) is 0 Å². The third-order valence-corrected chi connectivity index (χ3v) is 3.86. The molecule has 2 N–H and O–H groups in total. The fourth-order valence-corrected chi connectivity index (χ4v) is 2.80. The van der Waals surface area contributed by atoms with E-state index < -0.39 is 11.6 Å². The molecule has 2 aromatic carbocycles. The summed E-state index contributed by atoms with van der Waals surface area (Å²) in [4.78, 5) is 27.7. The van der Waals surface area contributed by atoms with Gasteiger partial charge in [-0.2, -0.15) is 0 Å². The van der Waals surface area contributed by atoms with Crippen LogP contribution >= 0.6 is 0 Å². The molecule has 1 heterocycles. The maximum Gasteiger partial charge on any atom is 0.236 e. The number of carbonyl (C=O) groups excluding carboxylic acids is 2. The second-order valence-corrected chi connectivity index (χ2v) is 5.23. The molecule has 1 aliphatic carbocycles. The van der Waals surface area contributed by atoms with E-state index in [1.807, 2.05) is 24.3 Å². The number of para-hydroxylation sites is 1. The number of allylic oxidation sites excluding steroid dienone is 1. The van der Waals surface area contributed by atoms with Gasteiger partial charge in [-0.05, 0) is 29.8 Å². The first-order chi connectivity index (χ1) is 10.6. The average molecular weight is 289 g/mol. The van der Waals surface area contributed by atoms with E-state index in [0.717, 1.165) is 16.5 Å². The molecule has 0 atom stereocenters. The van der Waals surface area contributed by atoms with Crippen LogP contribution in [0.25, 0.3) is 22.6 Å². The molecule has 22 heavy (non-hydrogen) atoms. The van der Waals surface area contributed by atoms with Crippen LogP contribution in [0.3, 0.4) is 0 Å². The molecule has 4 nitrogen and oxygen atoms in total. The van der Waals surface area contributed by atoms with Crippen LogP contribution in [0.1, 0.15) is 21.6 Å². The zero-order chi connectivity index (χ0) is 15.3. The van der Waals surface area contributed by atoms with Crippen LogP contribution in [0.2, 0.25) is 0 Å². The third kappa shape index (κ3) is 1.71. The fourth-order valence-electron chi connectivity index (χ4n) is 2.80. The molecule has 4 heteroatoms. The largest absolute Gasteiger partial charge is 0.508 e. The number of aromatic nitrogens is 1. The van der Waals surface area contributed by atoms with Gasteiger partial charge in [0, 0.05) is 10.9 Å². The van der Waals surface area contributed by atoms with Gasteiger partial charge < -0.3 is 10.1 Å². The van der Waals surface area contributed by atoms with E-state index in [1.165, 1.54) is 0 Å². The Morgan fingerprint density at radius 3 is 2.41 bits per heavy atom. The van der Waals surface area contributed by atoms with E-state index in [1.54, 1.807) is 30.3 Å². The standard InChI is InChI=1S/C18H11NO3/c20-11-7-5-10(6-8-11)9-13-16-15(18(22)17(13)21)12-3-1-2-4-14(12)19-16/h1-9,19-20H. The lowest BCUT2D eigenvalue weighted by molar-refractivity contribution is -0.109. The highest BCUT2D eigenvalue weighted by atomic mass is 16.3. The Bertz CT molecular complexity index is 962. The van der Waals surface area contributed by atoms with Crippen LogP contribution in [0.5, 0.6) is 5.75 Å². The Hall–Kier alpha value is -3.14. The first-order valence-electron chi connectivity index (χ1n) is 6.86. The highest BCUT2D eigenvalue weighted by Gasteiger charge is 2.36. The molecule has 0 unspecified atom stereocenters. The Morgan fingerprint density at radius 1 is 0.909 bits per heavy atom. The summed E-state index contributed by atoms with van der Waals surface area (Å²) in [7, 11) is 0. The van der Waals surface area contributed by atoms with E-state index in [9.17, 15) is 14.7 Å². The average Bonchev–Trinajstić information content (AvgIpc) is 3.01. The molecule has 106 valence electrons. The lowest BCUT2D eigenvalue weighted by atomic mass is 10.1. The number of Topliss-reactive ketones (excluding diaryl/α,β-unsaturated/α-hetero) is 2. The van der Waals surface area contributed by atoms with E-state index in [4.69, 9.17) is 0 Å². The van der Waals surface area contributed by atoms with Gasteiger partial charge in [-0.15, -0.1) is 0 Å². The summed E-state index contributed by atoms with van der Waals surface area (Å²) in [6.07, 6.45) is 1.67. The molecule has 1 aromatic heterocycles. The summed E-state index contributed by atoms with van der Waals surface area (Å²) < 4.78 is 0. The number of phenols is 1. The fraction of sp³-hybridized carbons (Fsp3) is 0. The second-order valence-electron chi connectivity index (χ2n) is 5.23. The topological polar surface area (TPSA) is 70.2 Å². The third-order valence-electron chi connectivity index (χ3n) is 3.86. The predicted octanol–water partition coefficient (Wildman–Crippen LogP) is 3.18. The van der Waals surface area contributed by atoms with Crippen molar-refractivity contribution in [1.82, 2.24) is 4.98 Å². The van der Waals surface area contributed by atoms with Crippen LogP contribution in [0.15, 0.2) is 48.5 Å². The van der Waals surface area contributed by atoms with Gasteiger partial charge in [0.25, 0.3) is 0 Å². The number of aromatic amines is 1. The van der Waals surface area contributed by atoms with E-state index in [2.05, 4.69) is 4.98 Å². The number of fused-ring (bicyclic) bond motifs is 3. The lowest BCUT2D eigenvalue weighted by Crippen LogP contribution is -2.06. The summed E-state index contributed by atoms with van der Waals surface area (Å²) in [5, 5.41) is 10.1. The molecule has 0 amide bonds. The van der Waals surface area contributed by atoms with Gasteiger partial charge in [-0.3, -0.25) is 9.59 Å². The van der Waals surface area contributed by atoms with Gasteiger partial charge in [0.1, 0.15) is 5.75 Å². The molecule has 0 spiro atoms. The van der Waals surface area contributed by atoms with E-state index >= 15 is 0 Å². The second kappa shape index (κ2) is 4.43. The van der Waals surface area contributed by atoms with Crippen LogP contribution in [-0.4, -0.2) is 21.7 Å². The van der Waals surface area contributed by atoms with Crippen molar-refractivity contribution in [3.63, 3.8) is 0 Å². The van der Waals surface area contributed by atoms with Crippen molar-refractivity contribution in [2.75, 3.05) is 0 Å². The summed E-state index contributed by atoms with van der Waals surface area (Å²) >= 11 is 0. The molecule has 0 bridgehead atoms. The van der Waals surface area contributed by atoms with Crippen LogP contribution in [0, 0.1) is 0 Å². The van der Waals surface area contributed by atoms with Crippen molar-refractivity contribution >= 4 is 34.1 Å². The first-order valence-corrected chi connectivity index (χ1v) is 6.86. The van der Waals surface area contributed by atoms with Crippen molar-refractivity contribution in [1.29, 1.82) is 0 Å². The predicted molar refractivity (Wildman–Crippen MR) is 83.6 cm³/mol. The number of carbonyl (C=O) groups is 2. The maximum absolute atomic E-state index is 12.3. The summed E-state index contributed by atoms with van der Waals surface area (Å²) in [5.74, 6) is -0.820. The molecular weight excluding hydrogens is 278 g/mol. The SMILES string of the molecule is O=C1C(=O)c2c([nH]c3ccccc23)C1=Cc1ccc(O)cc1. The normalized spacial score (nSPS) is 15.7. The maximum atomic E-state index is 12.3. The van der Waals surface area contributed by atoms with Crippen LogP contribution < -0.4 is 0 Å². The first kappa shape index (κ1) is 12.6. The van der Waals surface area contributed by atoms with Crippen molar-refractivity contribution in [3.05, 3.63) is 65.4 Å². The Morgan fingerprint density at radius 2 is 1.64 bits per heavy atom. The number of ketones is 2. The van der Waals surface area contributed by atoms with Gasteiger partial charge in [-0.25, -0.2) is 0 Å². The summed E-state index contributed by atoms with van der Waals surface area (Å²) in [6.45, 7) is 0. The van der Waals surface area contributed by atoms with Gasteiger partial charge in [0.2, 0.25) is 11.6 Å². The van der Waals surface area contributed by atoms with Gasteiger partial charge >= 0.3 is 0 Å². The summed E-state index contributed by atoms with van der Waals surface area (Å²) in [6, 6.07) is 13.9. The Balaban J connectivity index is 1.94. The molecule has 4 rings (SSSR count). The number of benzene rings is 2. The smallest absolute Gasteiger partial charge is 0.236 e. The van der Waals surface area contributed by atoms with Crippen molar-refractivity contribution in [2.24, 2.45) is 0 Å². The molecule has 0 aliphatic heterocycles. The molecule has 0 saturated heterocycles. The highest BCUT2D eigenvalue weighted by molar-refractivity contribution is 6.65. The Kier molecular flexibility index (Phi) is 2.53. The number of H-pyrrole nitrogens is 1. The van der Waals surface area contributed by atoms with Crippen LogP contribution in [-0.2, 0) is 4.79 Å². The minimum atomic E-state index is -0.500. The Labute approximate surface area is 125 Å². The lowest BCUT2D eigenvalue weighted by Gasteiger charge is -1.98. The minimum Gasteiger partial charge on any atom is -0.508 e. The van der Waals surface area contributed by atoms with Gasteiger partial charge in [0.15, 0.2) is 0 Å². The van der Waals surface area contributed by atoms with Crippen molar-refractivity contribution in [3.8, 4) is 5.75 Å². The molecule has 0 radical (unpaired) electrons. The zero-order valence-electron chi connectivity index (χ0n) is 11.5. The molecule has 0 fully saturated rings. The minimum absolute atomic E-state index is 0.155.